The molecule has 9 nitrogen and oxygen atoms in total. The monoisotopic (exact) mass is 668 g/mol. The van der Waals surface area contributed by atoms with Crippen LogP contribution in [0.1, 0.15) is 86.1 Å². The lowest BCUT2D eigenvalue weighted by Crippen LogP contribution is -2.50. The molecular weight excluding hydrogens is 624 g/mol. The molecule has 2 N–H and O–H groups in total. The molecule has 2 aromatic carbocycles. The lowest BCUT2D eigenvalue weighted by atomic mass is 9.62. The predicted molar refractivity (Wildman–Crippen MR) is 180 cm³/mol. The average molecular weight is 669 g/mol. The summed E-state index contributed by atoms with van der Waals surface area (Å²) in [6, 6.07) is 11.1. The van der Waals surface area contributed by atoms with Crippen molar-refractivity contribution in [3.05, 3.63) is 76.3 Å². The van der Waals surface area contributed by atoms with Crippen molar-refractivity contribution in [2.75, 3.05) is 18.0 Å². The maximum absolute atomic E-state index is 13.5. The quantitative estimate of drug-likeness (QED) is 0.328. The SMILES string of the molecule is C[C@@H]1[C@@H](C)CCC[C@](O)(c2nccn2C)[C@@H]2CC[C@H]2CN2CCCCc3cc(Cl)ccc3COc3ccc(cc32)C(=O)NS1(=O)=O. The van der Waals surface area contributed by atoms with Crippen molar-refractivity contribution in [3.63, 3.8) is 0 Å². The summed E-state index contributed by atoms with van der Waals surface area (Å²) in [6.45, 7) is 5.27. The standard InChI is InChI=1S/C35H45ClN4O5S/c1-23-7-6-15-35(42,34-37-16-18-39(34)3)30-13-10-27(30)21-40-17-5-4-8-25-19-29(36)12-9-28(25)22-45-32-14-11-26(20-31(32)40)33(41)38-46(43,44)24(23)2/h9,11-12,14,16,18-20,23-24,27,30,42H,4-8,10,13,15,17,21-22H2,1-3H3,(H,38,41)/t23-,24+,27-,30+,35+/m0/s1. The third kappa shape index (κ3) is 6.53. The number of hydrogen-bond donors (Lipinski definition) is 2. The minimum absolute atomic E-state index is 0.0154. The van der Waals surface area contributed by atoms with Crippen molar-refractivity contribution in [2.45, 2.75) is 82.7 Å². The van der Waals surface area contributed by atoms with Gasteiger partial charge in [0.15, 0.2) is 0 Å². The zero-order valence-corrected chi connectivity index (χ0v) is 28.5. The van der Waals surface area contributed by atoms with Gasteiger partial charge in [0.05, 0.1) is 10.9 Å². The van der Waals surface area contributed by atoms with Crippen LogP contribution in [0.5, 0.6) is 5.75 Å². The minimum atomic E-state index is -3.96. The fourth-order valence-electron chi connectivity index (χ4n) is 7.54. The van der Waals surface area contributed by atoms with Crippen molar-refractivity contribution in [2.24, 2.45) is 24.8 Å². The van der Waals surface area contributed by atoms with Crippen LogP contribution in [0.25, 0.3) is 0 Å². The first-order valence-corrected chi connectivity index (χ1v) is 18.4. The van der Waals surface area contributed by atoms with Gasteiger partial charge in [-0.3, -0.25) is 4.79 Å². The van der Waals surface area contributed by atoms with Gasteiger partial charge in [-0.05, 0) is 118 Å². The topological polar surface area (TPSA) is 114 Å². The van der Waals surface area contributed by atoms with E-state index in [4.69, 9.17) is 16.3 Å². The summed E-state index contributed by atoms with van der Waals surface area (Å²) >= 11 is 6.35. The van der Waals surface area contributed by atoms with Gasteiger partial charge in [-0.2, -0.15) is 0 Å². The molecule has 3 heterocycles. The first-order chi connectivity index (χ1) is 22.0. The molecule has 2 bridgehead atoms. The lowest BCUT2D eigenvalue weighted by Gasteiger charge is -2.49. The Kier molecular flexibility index (Phi) is 9.43. The highest BCUT2D eigenvalue weighted by atomic mass is 35.5. The van der Waals surface area contributed by atoms with Crippen molar-refractivity contribution < 1.29 is 23.1 Å². The minimum Gasteiger partial charge on any atom is -0.487 e. The van der Waals surface area contributed by atoms with Crippen molar-refractivity contribution in [3.8, 4) is 5.75 Å². The van der Waals surface area contributed by atoms with Crippen LogP contribution in [0.4, 0.5) is 5.69 Å². The fourth-order valence-corrected chi connectivity index (χ4v) is 9.04. The summed E-state index contributed by atoms with van der Waals surface area (Å²) in [5, 5.41) is 12.4. The number of aliphatic hydroxyl groups is 1. The molecule has 0 radical (unpaired) electrons. The molecule has 248 valence electrons. The number of nitrogens with zero attached hydrogens (tertiary/aromatic N) is 3. The van der Waals surface area contributed by atoms with E-state index in [0.717, 1.165) is 48.9 Å². The molecule has 1 amide bonds. The van der Waals surface area contributed by atoms with Crippen LogP contribution < -0.4 is 14.4 Å². The molecule has 0 saturated heterocycles. The van der Waals surface area contributed by atoms with E-state index in [1.165, 1.54) is 0 Å². The molecule has 3 aliphatic rings. The number of fused-ring (bicyclic) bond motifs is 3. The summed E-state index contributed by atoms with van der Waals surface area (Å²) in [4.78, 5) is 20.4. The number of aryl methyl sites for hydroxylation is 2. The largest absolute Gasteiger partial charge is 0.487 e. The van der Waals surface area contributed by atoms with E-state index in [1.807, 2.05) is 42.9 Å². The maximum atomic E-state index is 13.5. The van der Waals surface area contributed by atoms with Crippen molar-refractivity contribution in [1.29, 1.82) is 0 Å². The van der Waals surface area contributed by atoms with Crippen LogP contribution in [0.3, 0.4) is 0 Å². The number of rotatable bonds is 1. The van der Waals surface area contributed by atoms with E-state index in [1.54, 1.807) is 31.3 Å². The van der Waals surface area contributed by atoms with E-state index in [-0.39, 0.29) is 23.3 Å². The number of aromatic nitrogens is 2. The van der Waals surface area contributed by atoms with E-state index in [9.17, 15) is 18.3 Å². The summed E-state index contributed by atoms with van der Waals surface area (Å²) in [7, 11) is -2.04. The molecule has 1 aromatic heterocycles. The highest BCUT2D eigenvalue weighted by Crippen LogP contribution is 2.50. The van der Waals surface area contributed by atoms with Gasteiger partial charge in [0.25, 0.3) is 5.91 Å². The van der Waals surface area contributed by atoms with Gasteiger partial charge in [0, 0.05) is 43.1 Å². The highest BCUT2D eigenvalue weighted by molar-refractivity contribution is 7.90. The van der Waals surface area contributed by atoms with Gasteiger partial charge in [-0.25, -0.2) is 18.1 Å². The normalized spacial score (nSPS) is 28.8. The van der Waals surface area contributed by atoms with Crippen LogP contribution in [0, 0.1) is 17.8 Å². The van der Waals surface area contributed by atoms with Crippen LogP contribution in [0.15, 0.2) is 48.8 Å². The Morgan fingerprint density at radius 2 is 1.89 bits per heavy atom. The molecule has 1 aliphatic carbocycles. The number of benzene rings is 2. The number of carbonyl (C=O) groups is 1. The number of anilines is 1. The Bertz CT molecular complexity index is 1690. The van der Waals surface area contributed by atoms with Gasteiger partial charge in [0.1, 0.15) is 23.8 Å². The molecule has 46 heavy (non-hydrogen) atoms. The molecule has 2 aliphatic heterocycles. The van der Waals surface area contributed by atoms with Gasteiger partial charge >= 0.3 is 0 Å². The number of sulfonamides is 1. The van der Waals surface area contributed by atoms with Gasteiger partial charge in [0.2, 0.25) is 10.0 Å². The Hall–Kier alpha value is -3.08. The van der Waals surface area contributed by atoms with Crippen LogP contribution >= 0.6 is 11.6 Å². The average Bonchev–Trinajstić information content (AvgIpc) is 3.43. The molecule has 0 unspecified atom stereocenters. The molecule has 5 atom stereocenters. The summed E-state index contributed by atoms with van der Waals surface area (Å²) in [5.74, 6) is 0.587. The van der Waals surface area contributed by atoms with Gasteiger partial charge in [-0.15, -0.1) is 0 Å². The summed E-state index contributed by atoms with van der Waals surface area (Å²) < 4.78 is 37.5. The second-order valence-electron chi connectivity index (χ2n) is 13.6. The van der Waals surface area contributed by atoms with Crippen LogP contribution in [-0.4, -0.2) is 47.3 Å². The number of nitrogens with one attached hydrogen (secondary N) is 1. The van der Waals surface area contributed by atoms with Crippen LogP contribution in [-0.2, 0) is 35.7 Å². The first kappa shape index (κ1) is 32.8. The number of halogens is 1. The van der Waals surface area contributed by atoms with E-state index in [0.29, 0.717) is 55.6 Å². The van der Waals surface area contributed by atoms with E-state index >= 15 is 0 Å². The third-order valence-electron chi connectivity index (χ3n) is 10.7. The molecule has 11 heteroatoms. The van der Waals surface area contributed by atoms with Gasteiger partial charge < -0.3 is 19.3 Å². The Balaban J connectivity index is 1.42. The second kappa shape index (κ2) is 13.2. The Labute approximate surface area is 277 Å². The predicted octanol–water partition coefficient (Wildman–Crippen LogP) is 5.98. The van der Waals surface area contributed by atoms with E-state index < -0.39 is 26.8 Å². The number of imidazole rings is 1. The molecule has 0 spiro atoms. The van der Waals surface area contributed by atoms with Crippen molar-refractivity contribution >= 4 is 33.2 Å². The zero-order valence-electron chi connectivity index (χ0n) is 26.9. The molecule has 6 rings (SSSR count). The van der Waals surface area contributed by atoms with E-state index in [2.05, 4.69) is 14.6 Å². The van der Waals surface area contributed by atoms with Gasteiger partial charge in [-0.1, -0.05) is 24.6 Å². The van der Waals surface area contributed by atoms with Crippen LogP contribution in [0.2, 0.25) is 5.02 Å². The van der Waals surface area contributed by atoms with Crippen molar-refractivity contribution in [1.82, 2.24) is 14.3 Å². The number of amides is 1. The fraction of sp³-hybridized carbons (Fsp3) is 0.543. The first-order valence-electron chi connectivity index (χ1n) is 16.5. The third-order valence-corrected chi connectivity index (χ3v) is 12.8. The smallest absolute Gasteiger partial charge is 0.264 e. The highest BCUT2D eigenvalue weighted by Gasteiger charge is 2.50. The molecule has 1 fully saturated rings. The second-order valence-corrected chi connectivity index (χ2v) is 16.0. The molecule has 1 saturated carbocycles. The zero-order chi connectivity index (χ0) is 32.6. The summed E-state index contributed by atoms with van der Waals surface area (Å²) in [6.07, 6.45) is 9.87. The lowest BCUT2D eigenvalue weighted by molar-refractivity contribution is -0.102. The Morgan fingerprint density at radius 3 is 2.63 bits per heavy atom. The molecular formula is C35H45ClN4O5S. The summed E-state index contributed by atoms with van der Waals surface area (Å²) in [5.41, 5.74) is 2.09. The maximum Gasteiger partial charge on any atom is 0.264 e. The molecule has 3 aromatic rings. The number of ether oxygens (including phenoxy) is 1. The Morgan fingerprint density at radius 1 is 1.07 bits per heavy atom. The number of hydrogen-bond acceptors (Lipinski definition) is 7. The number of carbonyl (C=O) groups excluding carboxylic acids is 1.